The molecule has 1 aromatic carbocycles. The van der Waals surface area contributed by atoms with Crippen molar-refractivity contribution >= 4 is 17.6 Å². The number of aromatic carboxylic acids is 1. The first-order chi connectivity index (χ1) is 10.6. The molecule has 0 bridgehead atoms. The van der Waals surface area contributed by atoms with Crippen molar-refractivity contribution in [2.24, 2.45) is 0 Å². The van der Waals surface area contributed by atoms with Crippen LogP contribution < -0.4 is 5.56 Å². The Morgan fingerprint density at radius 1 is 1.27 bits per heavy atom. The van der Waals surface area contributed by atoms with E-state index in [0.717, 1.165) is 4.68 Å². The molecule has 2 aromatic heterocycles. The molecule has 22 heavy (non-hydrogen) atoms. The third-order valence-corrected chi connectivity index (χ3v) is 3.26. The van der Waals surface area contributed by atoms with Gasteiger partial charge in [-0.15, -0.1) is 0 Å². The fourth-order valence-electron chi connectivity index (χ4n) is 1.94. The van der Waals surface area contributed by atoms with E-state index in [0.29, 0.717) is 22.0 Å². The van der Waals surface area contributed by atoms with Gasteiger partial charge in [-0.3, -0.25) is 9.89 Å². The molecule has 0 aliphatic carbocycles. The lowest BCUT2D eigenvalue weighted by Gasteiger charge is -2.07. The minimum atomic E-state index is -1.32. The zero-order valence-electron chi connectivity index (χ0n) is 11.0. The summed E-state index contributed by atoms with van der Waals surface area (Å²) < 4.78 is 0.997. The van der Waals surface area contributed by atoms with E-state index in [-0.39, 0.29) is 5.56 Å². The maximum Gasteiger partial charge on any atom is 0.341 e. The third kappa shape index (κ3) is 2.49. The predicted octanol–water partition coefficient (Wildman–Crippen LogP) is 1.97. The van der Waals surface area contributed by atoms with Crippen LogP contribution in [0, 0.1) is 0 Å². The number of carboxylic acid groups (broad SMARTS) is 1. The highest BCUT2D eigenvalue weighted by molar-refractivity contribution is 6.30. The molecule has 8 heteroatoms. The Morgan fingerprint density at radius 3 is 2.59 bits per heavy atom. The summed E-state index contributed by atoms with van der Waals surface area (Å²) in [6.07, 6.45) is 2.83. The topological polar surface area (TPSA) is 101 Å². The Morgan fingerprint density at radius 2 is 2.00 bits per heavy atom. The summed E-state index contributed by atoms with van der Waals surface area (Å²) in [6, 6.07) is 7.95. The summed E-state index contributed by atoms with van der Waals surface area (Å²) in [4.78, 5) is 23.5. The molecule has 7 nitrogen and oxygen atoms in total. The number of carboxylic acids is 1. The quantitative estimate of drug-likeness (QED) is 0.769. The summed E-state index contributed by atoms with van der Waals surface area (Å²) in [5, 5.41) is 20.3. The van der Waals surface area contributed by atoms with Crippen molar-refractivity contribution in [3.8, 4) is 16.9 Å². The number of carbonyl (C=O) groups is 1. The van der Waals surface area contributed by atoms with Gasteiger partial charge < -0.3 is 5.11 Å². The summed E-state index contributed by atoms with van der Waals surface area (Å²) in [5.41, 5.74) is 0.232. The number of rotatable bonds is 3. The maximum atomic E-state index is 12.2. The second-order valence-electron chi connectivity index (χ2n) is 4.43. The molecule has 0 unspecified atom stereocenters. The van der Waals surface area contributed by atoms with Gasteiger partial charge in [-0.2, -0.15) is 14.9 Å². The van der Waals surface area contributed by atoms with E-state index in [1.165, 1.54) is 18.5 Å². The predicted molar refractivity (Wildman–Crippen MR) is 79.4 cm³/mol. The van der Waals surface area contributed by atoms with Gasteiger partial charge in [0, 0.05) is 16.8 Å². The zero-order chi connectivity index (χ0) is 15.7. The standard InChI is InChI=1S/C14H9ClN4O3/c15-9-3-1-8(2-4-9)12-5-11(14(21)22)13(20)19(18-12)10-6-16-17-7-10/h1-7H,(H,16,17)(H,21,22). The number of nitrogens with zero attached hydrogens (tertiary/aromatic N) is 3. The van der Waals surface area contributed by atoms with E-state index in [4.69, 9.17) is 11.6 Å². The third-order valence-electron chi connectivity index (χ3n) is 3.01. The van der Waals surface area contributed by atoms with Gasteiger partial charge in [0.1, 0.15) is 11.3 Å². The lowest BCUT2D eigenvalue weighted by Crippen LogP contribution is -2.27. The Bertz CT molecular complexity index is 885. The molecule has 0 saturated carbocycles. The number of hydrogen-bond acceptors (Lipinski definition) is 4. The molecule has 0 fully saturated rings. The van der Waals surface area contributed by atoms with Crippen LogP contribution in [0.1, 0.15) is 10.4 Å². The Balaban J connectivity index is 2.25. The number of H-pyrrole nitrogens is 1. The van der Waals surface area contributed by atoms with E-state index in [1.807, 2.05) is 0 Å². The Kier molecular flexibility index (Phi) is 3.48. The van der Waals surface area contributed by atoms with Crippen molar-refractivity contribution in [3.63, 3.8) is 0 Å². The molecule has 110 valence electrons. The first kappa shape index (κ1) is 14.0. The van der Waals surface area contributed by atoms with Crippen molar-refractivity contribution in [2.75, 3.05) is 0 Å². The highest BCUT2D eigenvalue weighted by atomic mass is 35.5. The van der Waals surface area contributed by atoms with Gasteiger partial charge in [-0.05, 0) is 18.2 Å². The molecule has 0 aliphatic rings. The number of halogens is 1. The molecule has 0 saturated heterocycles. The average Bonchev–Trinajstić information content (AvgIpc) is 3.02. The fraction of sp³-hybridized carbons (Fsp3) is 0. The van der Waals surface area contributed by atoms with Crippen LogP contribution in [-0.4, -0.2) is 31.1 Å². The van der Waals surface area contributed by atoms with Crippen molar-refractivity contribution < 1.29 is 9.90 Å². The molecule has 0 spiro atoms. The number of aromatic amines is 1. The van der Waals surface area contributed by atoms with E-state index < -0.39 is 11.5 Å². The van der Waals surface area contributed by atoms with Crippen LogP contribution in [0.5, 0.6) is 0 Å². The van der Waals surface area contributed by atoms with Crippen LogP contribution in [0.15, 0.2) is 47.5 Å². The largest absolute Gasteiger partial charge is 0.477 e. The maximum absolute atomic E-state index is 12.2. The molecular formula is C14H9ClN4O3. The van der Waals surface area contributed by atoms with Crippen molar-refractivity contribution in [1.82, 2.24) is 20.0 Å². The molecule has 0 amide bonds. The SMILES string of the molecule is O=C(O)c1cc(-c2ccc(Cl)cc2)nn(-c2cn[nH]c2)c1=O. The van der Waals surface area contributed by atoms with Crippen molar-refractivity contribution in [1.29, 1.82) is 0 Å². The second-order valence-corrected chi connectivity index (χ2v) is 4.87. The highest BCUT2D eigenvalue weighted by Gasteiger charge is 2.16. The number of hydrogen-bond donors (Lipinski definition) is 2. The van der Waals surface area contributed by atoms with E-state index in [9.17, 15) is 14.7 Å². The first-order valence-electron chi connectivity index (χ1n) is 6.19. The van der Waals surface area contributed by atoms with Crippen LogP contribution in [-0.2, 0) is 0 Å². The average molecular weight is 317 g/mol. The Hall–Kier alpha value is -2.93. The molecular weight excluding hydrogens is 308 g/mol. The van der Waals surface area contributed by atoms with Gasteiger partial charge in [-0.25, -0.2) is 4.79 Å². The van der Waals surface area contributed by atoms with Gasteiger partial charge in [0.25, 0.3) is 5.56 Å². The van der Waals surface area contributed by atoms with Crippen LogP contribution >= 0.6 is 11.6 Å². The Labute approximate surface area is 128 Å². The van der Waals surface area contributed by atoms with Gasteiger partial charge in [0.2, 0.25) is 0 Å². The lowest BCUT2D eigenvalue weighted by atomic mass is 10.1. The fourth-order valence-corrected chi connectivity index (χ4v) is 2.07. The van der Waals surface area contributed by atoms with Crippen LogP contribution in [0.4, 0.5) is 0 Å². The van der Waals surface area contributed by atoms with E-state index in [1.54, 1.807) is 24.3 Å². The van der Waals surface area contributed by atoms with Gasteiger partial charge in [-0.1, -0.05) is 23.7 Å². The second kappa shape index (κ2) is 5.45. The molecule has 0 aliphatic heterocycles. The summed E-state index contributed by atoms with van der Waals surface area (Å²) >= 11 is 5.84. The van der Waals surface area contributed by atoms with Gasteiger partial charge >= 0.3 is 5.97 Å². The minimum Gasteiger partial charge on any atom is -0.477 e. The minimum absolute atomic E-state index is 0.342. The van der Waals surface area contributed by atoms with Crippen molar-refractivity contribution in [2.45, 2.75) is 0 Å². The number of aromatic nitrogens is 4. The highest BCUT2D eigenvalue weighted by Crippen LogP contribution is 2.20. The van der Waals surface area contributed by atoms with E-state index in [2.05, 4.69) is 15.3 Å². The molecule has 3 aromatic rings. The summed E-state index contributed by atoms with van der Waals surface area (Å²) in [5.74, 6) is -1.32. The smallest absolute Gasteiger partial charge is 0.341 e. The zero-order valence-corrected chi connectivity index (χ0v) is 11.8. The molecule has 0 radical (unpaired) electrons. The number of nitrogens with one attached hydrogen (secondary N) is 1. The lowest BCUT2D eigenvalue weighted by molar-refractivity contribution is 0.0694. The molecule has 2 heterocycles. The number of benzene rings is 1. The molecule has 3 rings (SSSR count). The van der Waals surface area contributed by atoms with Gasteiger partial charge in [0.15, 0.2) is 0 Å². The summed E-state index contributed by atoms with van der Waals surface area (Å²) in [6.45, 7) is 0. The van der Waals surface area contributed by atoms with Gasteiger partial charge in [0.05, 0.1) is 11.9 Å². The van der Waals surface area contributed by atoms with Crippen LogP contribution in [0.25, 0.3) is 16.9 Å². The monoisotopic (exact) mass is 316 g/mol. The normalized spacial score (nSPS) is 10.6. The van der Waals surface area contributed by atoms with Crippen LogP contribution in [0.3, 0.4) is 0 Å². The van der Waals surface area contributed by atoms with E-state index >= 15 is 0 Å². The molecule has 0 atom stereocenters. The molecule has 2 N–H and O–H groups in total. The first-order valence-corrected chi connectivity index (χ1v) is 6.57. The summed E-state index contributed by atoms with van der Waals surface area (Å²) in [7, 11) is 0. The van der Waals surface area contributed by atoms with Crippen molar-refractivity contribution in [3.05, 3.63) is 63.7 Å². The van der Waals surface area contributed by atoms with Crippen LogP contribution in [0.2, 0.25) is 5.02 Å².